The SMILES string of the molecule is COCc1ccccc1.O=C(OCc1ccccc1)C1CCC(O)CC1. The molecule has 0 amide bonds. The molecule has 0 aliphatic heterocycles. The fourth-order valence-electron chi connectivity index (χ4n) is 2.90. The Morgan fingerprint density at radius 2 is 1.38 bits per heavy atom. The van der Waals surface area contributed by atoms with Crippen molar-refractivity contribution in [3.63, 3.8) is 0 Å². The van der Waals surface area contributed by atoms with Crippen LogP contribution in [-0.4, -0.2) is 24.3 Å². The van der Waals surface area contributed by atoms with Gasteiger partial charge in [0.05, 0.1) is 18.6 Å². The molecule has 0 heterocycles. The van der Waals surface area contributed by atoms with Gasteiger partial charge in [-0.15, -0.1) is 0 Å². The van der Waals surface area contributed by atoms with Gasteiger partial charge in [-0.1, -0.05) is 60.7 Å². The minimum absolute atomic E-state index is 0.0258. The average molecular weight is 356 g/mol. The largest absolute Gasteiger partial charge is 0.461 e. The van der Waals surface area contributed by atoms with Crippen LogP contribution in [0, 0.1) is 5.92 Å². The van der Waals surface area contributed by atoms with E-state index in [-0.39, 0.29) is 18.0 Å². The van der Waals surface area contributed by atoms with E-state index in [2.05, 4.69) is 0 Å². The lowest BCUT2D eigenvalue weighted by molar-refractivity contribution is -0.151. The van der Waals surface area contributed by atoms with E-state index in [9.17, 15) is 9.90 Å². The number of rotatable bonds is 5. The highest BCUT2D eigenvalue weighted by molar-refractivity contribution is 5.72. The van der Waals surface area contributed by atoms with Crippen molar-refractivity contribution in [1.82, 2.24) is 0 Å². The predicted molar refractivity (Wildman–Crippen MR) is 101 cm³/mol. The van der Waals surface area contributed by atoms with E-state index in [0.717, 1.165) is 18.4 Å². The molecule has 2 aromatic carbocycles. The molecule has 1 aliphatic rings. The zero-order valence-electron chi connectivity index (χ0n) is 15.3. The summed E-state index contributed by atoms with van der Waals surface area (Å²) >= 11 is 0. The normalized spacial score (nSPS) is 19.2. The van der Waals surface area contributed by atoms with Gasteiger partial charge in [-0.3, -0.25) is 4.79 Å². The van der Waals surface area contributed by atoms with Gasteiger partial charge in [0.25, 0.3) is 0 Å². The molecule has 0 unspecified atom stereocenters. The summed E-state index contributed by atoms with van der Waals surface area (Å²) in [6.45, 7) is 1.06. The van der Waals surface area contributed by atoms with Crippen LogP contribution in [0.15, 0.2) is 60.7 Å². The number of carbonyl (C=O) groups is 1. The first kappa shape index (κ1) is 20.1. The van der Waals surface area contributed by atoms with E-state index in [4.69, 9.17) is 9.47 Å². The van der Waals surface area contributed by atoms with Gasteiger partial charge < -0.3 is 14.6 Å². The van der Waals surface area contributed by atoms with Crippen molar-refractivity contribution < 1.29 is 19.4 Å². The van der Waals surface area contributed by atoms with Crippen molar-refractivity contribution in [3.05, 3.63) is 71.8 Å². The van der Waals surface area contributed by atoms with Gasteiger partial charge in [-0.05, 0) is 36.8 Å². The summed E-state index contributed by atoms with van der Waals surface area (Å²) < 4.78 is 10.2. The topological polar surface area (TPSA) is 55.8 Å². The second-order valence-electron chi connectivity index (χ2n) is 6.52. The van der Waals surface area contributed by atoms with Crippen LogP contribution >= 0.6 is 0 Å². The highest BCUT2D eigenvalue weighted by Gasteiger charge is 2.26. The molecule has 4 heteroatoms. The number of aliphatic hydroxyl groups is 1. The summed E-state index contributed by atoms with van der Waals surface area (Å²) in [6.07, 6.45) is 2.69. The fraction of sp³-hybridized carbons (Fsp3) is 0.409. The van der Waals surface area contributed by atoms with Gasteiger partial charge in [-0.25, -0.2) is 0 Å². The third kappa shape index (κ3) is 7.38. The molecule has 3 rings (SSSR count). The maximum Gasteiger partial charge on any atom is 0.309 e. The summed E-state index contributed by atoms with van der Waals surface area (Å²) in [4.78, 5) is 11.8. The van der Waals surface area contributed by atoms with E-state index in [1.54, 1.807) is 7.11 Å². The van der Waals surface area contributed by atoms with Gasteiger partial charge in [-0.2, -0.15) is 0 Å². The Labute approximate surface area is 155 Å². The lowest BCUT2D eigenvalue weighted by atomic mass is 9.87. The summed E-state index contributed by atoms with van der Waals surface area (Å²) in [5.41, 5.74) is 2.23. The van der Waals surface area contributed by atoms with Crippen molar-refractivity contribution in [1.29, 1.82) is 0 Å². The Balaban J connectivity index is 0.000000228. The van der Waals surface area contributed by atoms with Gasteiger partial charge >= 0.3 is 5.97 Å². The summed E-state index contributed by atoms with van der Waals surface area (Å²) in [5, 5.41) is 9.36. The molecule has 1 saturated carbocycles. The molecule has 1 aliphatic carbocycles. The van der Waals surface area contributed by atoms with Crippen LogP contribution in [-0.2, 0) is 27.5 Å². The summed E-state index contributed by atoms with van der Waals surface area (Å²) in [6, 6.07) is 19.8. The molecule has 140 valence electrons. The second kappa shape index (κ2) is 11.4. The van der Waals surface area contributed by atoms with E-state index in [1.165, 1.54) is 5.56 Å². The minimum Gasteiger partial charge on any atom is -0.461 e. The number of aliphatic hydroxyl groups excluding tert-OH is 1. The Hall–Kier alpha value is -2.17. The molecule has 2 aromatic rings. The van der Waals surface area contributed by atoms with Crippen molar-refractivity contribution in [3.8, 4) is 0 Å². The number of carbonyl (C=O) groups excluding carboxylic acids is 1. The molecular formula is C22H28O4. The number of esters is 1. The molecule has 0 bridgehead atoms. The van der Waals surface area contributed by atoms with E-state index < -0.39 is 0 Å². The number of methoxy groups -OCH3 is 1. The van der Waals surface area contributed by atoms with Gasteiger partial charge in [0.15, 0.2) is 0 Å². The smallest absolute Gasteiger partial charge is 0.309 e. The fourth-order valence-corrected chi connectivity index (χ4v) is 2.90. The first-order valence-corrected chi connectivity index (χ1v) is 9.10. The van der Waals surface area contributed by atoms with Crippen molar-refractivity contribution in [2.45, 2.75) is 45.0 Å². The Kier molecular flexibility index (Phi) is 8.87. The van der Waals surface area contributed by atoms with Crippen LogP contribution in [0.2, 0.25) is 0 Å². The van der Waals surface area contributed by atoms with Crippen LogP contribution in [0.4, 0.5) is 0 Å². The standard InChI is InChI=1S/C14H18O3.C8H10O/c15-13-8-6-12(7-9-13)14(16)17-10-11-4-2-1-3-5-11;1-9-7-8-5-3-2-4-6-8/h1-5,12-13,15H,6-10H2;2-6H,7H2,1H3. The quantitative estimate of drug-likeness (QED) is 0.819. The number of benzene rings is 2. The van der Waals surface area contributed by atoms with E-state index in [0.29, 0.717) is 26.1 Å². The molecule has 1 fully saturated rings. The zero-order valence-corrected chi connectivity index (χ0v) is 15.3. The van der Waals surface area contributed by atoms with E-state index in [1.807, 2.05) is 60.7 Å². The molecule has 4 nitrogen and oxygen atoms in total. The number of hydrogen-bond donors (Lipinski definition) is 1. The molecule has 0 atom stereocenters. The summed E-state index contributed by atoms with van der Waals surface area (Å²) in [5.74, 6) is -0.150. The number of ether oxygens (including phenoxy) is 2. The second-order valence-corrected chi connectivity index (χ2v) is 6.52. The van der Waals surface area contributed by atoms with Crippen LogP contribution in [0.1, 0.15) is 36.8 Å². The lowest BCUT2D eigenvalue weighted by Crippen LogP contribution is -2.25. The van der Waals surface area contributed by atoms with Crippen molar-refractivity contribution >= 4 is 5.97 Å². The lowest BCUT2D eigenvalue weighted by Gasteiger charge is -2.23. The highest BCUT2D eigenvalue weighted by atomic mass is 16.5. The minimum atomic E-state index is -0.229. The maximum absolute atomic E-state index is 11.8. The van der Waals surface area contributed by atoms with Crippen molar-refractivity contribution in [2.24, 2.45) is 5.92 Å². The molecule has 0 saturated heterocycles. The third-order valence-corrected chi connectivity index (χ3v) is 4.41. The first-order chi connectivity index (χ1) is 12.7. The molecule has 1 N–H and O–H groups in total. The molecule has 26 heavy (non-hydrogen) atoms. The molecule has 0 spiro atoms. The van der Waals surface area contributed by atoms with Gasteiger partial charge in [0, 0.05) is 7.11 Å². The predicted octanol–water partition coefficient (Wildman–Crippen LogP) is 4.11. The molecule has 0 aromatic heterocycles. The third-order valence-electron chi connectivity index (χ3n) is 4.41. The first-order valence-electron chi connectivity index (χ1n) is 9.10. The highest BCUT2D eigenvalue weighted by Crippen LogP contribution is 2.25. The van der Waals surface area contributed by atoms with Crippen molar-refractivity contribution in [2.75, 3.05) is 7.11 Å². The van der Waals surface area contributed by atoms with Crippen LogP contribution < -0.4 is 0 Å². The van der Waals surface area contributed by atoms with Crippen LogP contribution in [0.25, 0.3) is 0 Å². The Morgan fingerprint density at radius 1 is 0.885 bits per heavy atom. The van der Waals surface area contributed by atoms with Crippen LogP contribution in [0.3, 0.4) is 0 Å². The monoisotopic (exact) mass is 356 g/mol. The number of hydrogen-bond acceptors (Lipinski definition) is 4. The molecule has 0 radical (unpaired) electrons. The maximum atomic E-state index is 11.8. The van der Waals surface area contributed by atoms with Gasteiger partial charge in [0.2, 0.25) is 0 Å². The van der Waals surface area contributed by atoms with Crippen LogP contribution in [0.5, 0.6) is 0 Å². The summed E-state index contributed by atoms with van der Waals surface area (Å²) in [7, 11) is 1.70. The molecular weight excluding hydrogens is 328 g/mol. The Morgan fingerprint density at radius 3 is 1.88 bits per heavy atom. The average Bonchev–Trinajstić information content (AvgIpc) is 2.69. The van der Waals surface area contributed by atoms with E-state index >= 15 is 0 Å². The zero-order chi connectivity index (χ0) is 18.6. The Bertz CT molecular complexity index is 619. The van der Waals surface area contributed by atoms with Gasteiger partial charge in [0.1, 0.15) is 6.61 Å².